The van der Waals surface area contributed by atoms with Gasteiger partial charge in [-0.15, -0.1) is 11.8 Å². The third kappa shape index (κ3) is 5.97. The fraction of sp³-hybridized carbons (Fsp3) is 0.263. The second-order valence-electron chi connectivity index (χ2n) is 5.30. The highest BCUT2D eigenvalue weighted by molar-refractivity contribution is 7.99. The minimum atomic E-state index is -0.442. The third-order valence-electron chi connectivity index (χ3n) is 3.42. The highest BCUT2D eigenvalue weighted by Gasteiger charge is 2.11. The largest absolute Gasteiger partial charge is 0.497 e. The molecule has 1 N–H and O–H groups in total. The van der Waals surface area contributed by atoms with E-state index in [1.54, 1.807) is 26.2 Å². The zero-order valence-electron chi connectivity index (χ0n) is 14.6. The molecule has 0 unspecified atom stereocenters. The molecular formula is C19H20ClNO4S. The van der Waals surface area contributed by atoms with Gasteiger partial charge in [0.1, 0.15) is 5.75 Å². The molecule has 0 spiro atoms. The van der Waals surface area contributed by atoms with Gasteiger partial charge in [-0.2, -0.15) is 0 Å². The second kappa shape index (κ2) is 10.1. The topological polar surface area (TPSA) is 64.6 Å². The van der Waals surface area contributed by atoms with Crippen LogP contribution in [-0.4, -0.2) is 31.3 Å². The van der Waals surface area contributed by atoms with E-state index < -0.39 is 5.97 Å². The van der Waals surface area contributed by atoms with Crippen molar-refractivity contribution in [2.24, 2.45) is 0 Å². The molecule has 2 rings (SSSR count). The molecule has 0 fully saturated rings. The van der Waals surface area contributed by atoms with Crippen LogP contribution in [0.15, 0.2) is 42.5 Å². The van der Waals surface area contributed by atoms with Crippen molar-refractivity contribution in [1.82, 2.24) is 0 Å². The van der Waals surface area contributed by atoms with Crippen LogP contribution in [-0.2, 0) is 15.3 Å². The summed E-state index contributed by atoms with van der Waals surface area (Å²) < 4.78 is 10.0. The average Bonchev–Trinajstić information content (AvgIpc) is 2.64. The van der Waals surface area contributed by atoms with Crippen LogP contribution in [0.2, 0.25) is 5.02 Å². The summed E-state index contributed by atoms with van der Waals surface area (Å²) in [5, 5.41) is 3.04. The molecule has 0 aliphatic heterocycles. The van der Waals surface area contributed by atoms with E-state index in [0.717, 1.165) is 11.3 Å². The van der Waals surface area contributed by atoms with E-state index in [2.05, 4.69) is 5.32 Å². The Hall–Kier alpha value is -2.18. The van der Waals surface area contributed by atoms with Crippen molar-refractivity contribution in [1.29, 1.82) is 0 Å². The van der Waals surface area contributed by atoms with Gasteiger partial charge in [0.2, 0.25) is 5.91 Å². The van der Waals surface area contributed by atoms with Crippen LogP contribution in [0.5, 0.6) is 5.75 Å². The molecule has 0 atom stereocenters. The number of anilines is 1. The van der Waals surface area contributed by atoms with Crippen LogP contribution in [0.3, 0.4) is 0 Å². The van der Waals surface area contributed by atoms with E-state index >= 15 is 0 Å². The van der Waals surface area contributed by atoms with E-state index in [1.807, 2.05) is 24.3 Å². The Bertz CT molecular complexity index is 765. The highest BCUT2D eigenvalue weighted by atomic mass is 35.5. The second-order valence-corrected chi connectivity index (χ2v) is 6.70. The lowest BCUT2D eigenvalue weighted by Gasteiger charge is -2.09. The molecule has 2 aromatic rings. The summed E-state index contributed by atoms with van der Waals surface area (Å²) in [6.45, 7) is 2.03. The smallest absolute Gasteiger partial charge is 0.338 e. The number of methoxy groups -OCH3 is 1. The summed E-state index contributed by atoms with van der Waals surface area (Å²) >= 11 is 7.63. The first kappa shape index (κ1) is 20.1. The summed E-state index contributed by atoms with van der Waals surface area (Å²) in [5.74, 6) is 1.21. The van der Waals surface area contributed by atoms with Gasteiger partial charge < -0.3 is 14.8 Å². The quantitative estimate of drug-likeness (QED) is 0.673. The zero-order valence-corrected chi connectivity index (χ0v) is 16.2. The summed E-state index contributed by atoms with van der Waals surface area (Å²) in [6.07, 6.45) is 0. The lowest BCUT2D eigenvalue weighted by Crippen LogP contribution is -2.15. The Morgan fingerprint density at radius 3 is 2.50 bits per heavy atom. The number of amides is 1. The molecule has 26 heavy (non-hydrogen) atoms. The van der Waals surface area contributed by atoms with Crippen molar-refractivity contribution in [3.05, 3.63) is 58.6 Å². The van der Waals surface area contributed by atoms with Crippen molar-refractivity contribution >= 4 is 40.9 Å². The van der Waals surface area contributed by atoms with Crippen molar-refractivity contribution in [3.8, 4) is 5.75 Å². The van der Waals surface area contributed by atoms with Crippen LogP contribution in [0.25, 0.3) is 0 Å². The SMILES string of the molecule is CCOC(=O)c1ccc(NC(=O)CSCc2ccc(OC)cc2)c(Cl)c1. The van der Waals surface area contributed by atoms with Crippen LogP contribution >= 0.6 is 23.4 Å². The van der Waals surface area contributed by atoms with Gasteiger partial charge in [0.05, 0.1) is 35.7 Å². The summed E-state index contributed by atoms with van der Waals surface area (Å²) in [7, 11) is 1.62. The Balaban J connectivity index is 1.84. The molecule has 0 heterocycles. The van der Waals surface area contributed by atoms with E-state index in [1.165, 1.54) is 17.8 Å². The number of benzene rings is 2. The molecule has 7 heteroatoms. The van der Waals surface area contributed by atoms with E-state index in [9.17, 15) is 9.59 Å². The Kier molecular flexibility index (Phi) is 7.81. The zero-order chi connectivity index (χ0) is 18.9. The first-order chi connectivity index (χ1) is 12.5. The first-order valence-corrected chi connectivity index (χ1v) is 9.54. The number of rotatable bonds is 8. The number of thioether (sulfide) groups is 1. The van der Waals surface area contributed by atoms with Gasteiger partial charge in [-0.25, -0.2) is 4.79 Å². The Morgan fingerprint density at radius 2 is 1.88 bits per heavy atom. The molecule has 0 radical (unpaired) electrons. The van der Waals surface area contributed by atoms with Crippen LogP contribution in [0.1, 0.15) is 22.8 Å². The monoisotopic (exact) mass is 393 g/mol. The standard InChI is InChI=1S/C19H20ClNO4S/c1-3-25-19(23)14-6-9-17(16(20)10-14)21-18(22)12-26-11-13-4-7-15(24-2)8-5-13/h4-10H,3,11-12H2,1-2H3,(H,21,22). The lowest BCUT2D eigenvalue weighted by atomic mass is 10.2. The number of esters is 1. The number of hydrogen-bond acceptors (Lipinski definition) is 5. The number of halogens is 1. The van der Waals surface area contributed by atoms with Crippen molar-refractivity contribution in [2.75, 3.05) is 24.8 Å². The minimum absolute atomic E-state index is 0.158. The number of carbonyl (C=O) groups is 2. The fourth-order valence-electron chi connectivity index (χ4n) is 2.13. The molecule has 2 aromatic carbocycles. The normalized spacial score (nSPS) is 10.3. The van der Waals surface area contributed by atoms with Crippen molar-refractivity contribution in [3.63, 3.8) is 0 Å². The molecule has 1 amide bonds. The van der Waals surface area contributed by atoms with Gasteiger partial charge in [0, 0.05) is 5.75 Å². The molecule has 0 saturated heterocycles. The third-order valence-corrected chi connectivity index (χ3v) is 4.73. The lowest BCUT2D eigenvalue weighted by molar-refractivity contribution is -0.113. The average molecular weight is 394 g/mol. The van der Waals surface area contributed by atoms with Gasteiger partial charge in [-0.05, 0) is 42.8 Å². The molecular weight excluding hydrogens is 374 g/mol. The molecule has 0 saturated carbocycles. The predicted octanol–water partition coefficient (Wildman–Crippen LogP) is 4.40. The molecule has 0 aliphatic rings. The van der Waals surface area contributed by atoms with E-state index in [-0.39, 0.29) is 5.91 Å². The Morgan fingerprint density at radius 1 is 1.15 bits per heavy atom. The Labute approximate surface area is 162 Å². The summed E-state index contributed by atoms with van der Waals surface area (Å²) in [6, 6.07) is 12.4. The first-order valence-electron chi connectivity index (χ1n) is 8.00. The molecule has 0 aromatic heterocycles. The summed E-state index contributed by atoms with van der Waals surface area (Å²) in [5.41, 5.74) is 1.93. The maximum Gasteiger partial charge on any atom is 0.338 e. The van der Waals surface area contributed by atoms with Crippen molar-refractivity contribution < 1.29 is 19.1 Å². The van der Waals surface area contributed by atoms with Crippen molar-refractivity contribution in [2.45, 2.75) is 12.7 Å². The molecule has 5 nitrogen and oxygen atoms in total. The maximum atomic E-state index is 12.1. The molecule has 138 valence electrons. The highest BCUT2D eigenvalue weighted by Crippen LogP contribution is 2.24. The molecule has 0 bridgehead atoms. The van der Waals surface area contributed by atoms with E-state index in [0.29, 0.717) is 34.4 Å². The van der Waals surface area contributed by atoms with Gasteiger partial charge in [0.25, 0.3) is 0 Å². The predicted molar refractivity (Wildman–Crippen MR) is 105 cm³/mol. The maximum absolute atomic E-state index is 12.1. The number of nitrogens with one attached hydrogen (secondary N) is 1. The number of hydrogen-bond donors (Lipinski definition) is 1. The van der Waals surface area contributed by atoms with Crippen LogP contribution in [0.4, 0.5) is 5.69 Å². The summed E-state index contributed by atoms with van der Waals surface area (Å²) in [4.78, 5) is 23.7. The number of ether oxygens (including phenoxy) is 2. The fourth-order valence-corrected chi connectivity index (χ4v) is 3.14. The number of carbonyl (C=O) groups excluding carboxylic acids is 2. The molecule has 0 aliphatic carbocycles. The van der Waals surface area contributed by atoms with Gasteiger partial charge in [-0.1, -0.05) is 23.7 Å². The van der Waals surface area contributed by atoms with Gasteiger partial charge in [-0.3, -0.25) is 4.79 Å². The van der Waals surface area contributed by atoms with Crippen LogP contribution in [0, 0.1) is 0 Å². The van der Waals surface area contributed by atoms with Gasteiger partial charge >= 0.3 is 5.97 Å². The van der Waals surface area contributed by atoms with Crippen LogP contribution < -0.4 is 10.1 Å². The van der Waals surface area contributed by atoms with Gasteiger partial charge in [0.15, 0.2) is 0 Å². The van der Waals surface area contributed by atoms with E-state index in [4.69, 9.17) is 21.1 Å². The minimum Gasteiger partial charge on any atom is -0.497 e.